The number of carbonyl (C=O) groups excluding carboxylic acids is 2. The van der Waals surface area contributed by atoms with Gasteiger partial charge in [0.2, 0.25) is 11.8 Å². The SMILES string of the molecule is CCN(CC(=O)N(C)C)C(=O)Cn1nc(C)c(N)c1C. The summed E-state index contributed by atoms with van der Waals surface area (Å²) in [6.45, 7) is 6.12. The normalized spacial score (nSPS) is 10.4. The van der Waals surface area contributed by atoms with E-state index in [1.807, 2.05) is 13.8 Å². The molecule has 0 atom stereocenters. The summed E-state index contributed by atoms with van der Waals surface area (Å²) in [6.07, 6.45) is 0. The van der Waals surface area contributed by atoms with Crippen molar-refractivity contribution in [3.05, 3.63) is 11.4 Å². The van der Waals surface area contributed by atoms with Crippen LogP contribution in [0.1, 0.15) is 18.3 Å². The Labute approximate surface area is 119 Å². The van der Waals surface area contributed by atoms with Crippen molar-refractivity contribution in [2.75, 3.05) is 32.9 Å². The Morgan fingerprint density at radius 1 is 1.25 bits per heavy atom. The van der Waals surface area contributed by atoms with Gasteiger partial charge in [-0.15, -0.1) is 0 Å². The van der Waals surface area contributed by atoms with Gasteiger partial charge >= 0.3 is 0 Å². The Bertz CT molecular complexity index is 507. The van der Waals surface area contributed by atoms with Crippen LogP contribution in [0.4, 0.5) is 5.69 Å². The number of carbonyl (C=O) groups is 2. The predicted octanol–water partition coefficient (Wildman–Crippen LogP) is 0.0188. The average molecular weight is 281 g/mol. The highest BCUT2D eigenvalue weighted by molar-refractivity contribution is 5.84. The van der Waals surface area contributed by atoms with Gasteiger partial charge in [-0.25, -0.2) is 0 Å². The number of amides is 2. The van der Waals surface area contributed by atoms with Gasteiger partial charge in [0, 0.05) is 20.6 Å². The maximum Gasteiger partial charge on any atom is 0.244 e. The van der Waals surface area contributed by atoms with Crippen molar-refractivity contribution >= 4 is 17.5 Å². The molecule has 1 aromatic heterocycles. The van der Waals surface area contributed by atoms with Crippen LogP contribution in [0.2, 0.25) is 0 Å². The van der Waals surface area contributed by atoms with Crippen LogP contribution in [0.15, 0.2) is 0 Å². The van der Waals surface area contributed by atoms with Crippen LogP contribution in [0.25, 0.3) is 0 Å². The summed E-state index contributed by atoms with van der Waals surface area (Å²) in [5.41, 5.74) is 7.92. The first-order chi connectivity index (χ1) is 9.27. The summed E-state index contributed by atoms with van der Waals surface area (Å²) in [4.78, 5) is 26.9. The Morgan fingerprint density at radius 3 is 2.25 bits per heavy atom. The number of hydrogen-bond acceptors (Lipinski definition) is 4. The van der Waals surface area contributed by atoms with E-state index in [0.717, 1.165) is 5.69 Å². The first-order valence-electron chi connectivity index (χ1n) is 6.55. The van der Waals surface area contributed by atoms with Gasteiger partial charge in [0.05, 0.1) is 23.6 Å². The van der Waals surface area contributed by atoms with E-state index < -0.39 is 0 Å². The minimum absolute atomic E-state index is 0.0805. The Kier molecular flexibility index (Phi) is 5.12. The predicted molar refractivity (Wildman–Crippen MR) is 77.1 cm³/mol. The highest BCUT2D eigenvalue weighted by atomic mass is 16.2. The number of likely N-dealkylation sites (N-methyl/N-ethyl adjacent to an activating group) is 2. The molecule has 0 saturated heterocycles. The summed E-state index contributed by atoms with van der Waals surface area (Å²) >= 11 is 0. The second-order valence-corrected chi connectivity index (χ2v) is 4.94. The smallest absolute Gasteiger partial charge is 0.244 e. The van der Waals surface area contributed by atoms with Crippen molar-refractivity contribution in [1.29, 1.82) is 0 Å². The third-order valence-corrected chi connectivity index (χ3v) is 3.28. The minimum atomic E-state index is -0.145. The molecule has 0 aromatic carbocycles. The van der Waals surface area contributed by atoms with Crippen molar-refractivity contribution in [2.45, 2.75) is 27.3 Å². The molecule has 0 aliphatic carbocycles. The molecule has 1 aromatic rings. The number of aryl methyl sites for hydroxylation is 1. The van der Waals surface area contributed by atoms with Crippen molar-refractivity contribution in [3.8, 4) is 0 Å². The molecule has 0 spiro atoms. The lowest BCUT2D eigenvalue weighted by Gasteiger charge is -2.22. The standard InChI is InChI=1S/C13H23N5O2/c1-6-17(7-11(19)16(4)5)12(20)8-18-10(3)13(14)9(2)15-18/h6-8,14H2,1-5H3. The largest absolute Gasteiger partial charge is 0.396 e. The zero-order valence-corrected chi connectivity index (χ0v) is 12.8. The van der Waals surface area contributed by atoms with Crippen LogP contribution in [-0.4, -0.2) is 58.6 Å². The van der Waals surface area contributed by atoms with Crippen LogP contribution < -0.4 is 5.73 Å². The summed E-state index contributed by atoms with van der Waals surface area (Å²) in [7, 11) is 3.34. The van der Waals surface area contributed by atoms with Crippen LogP contribution >= 0.6 is 0 Å². The first-order valence-corrected chi connectivity index (χ1v) is 6.55. The molecule has 0 fully saturated rings. The zero-order valence-electron chi connectivity index (χ0n) is 12.8. The van der Waals surface area contributed by atoms with Crippen LogP contribution in [0, 0.1) is 13.8 Å². The summed E-state index contributed by atoms with van der Waals surface area (Å²) in [5.74, 6) is -0.249. The summed E-state index contributed by atoms with van der Waals surface area (Å²) < 4.78 is 1.58. The van der Waals surface area contributed by atoms with E-state index in [4.69, 9.17) is 5.73 Å². The zero-order chi connectivity index (χ0) is 15.4. The Balaban J connectivity index is 2.77. The molecule has 1 heterocycles. The monoisotopic (exact) mass is 281 g/mol. The van der Waals surface area contributed by atoms with Gasteiger partial charge < -0.3 is 15.5 Å². The molecule has 0 saturated carbocycles. The number of nitrogens with two attached hydrogens (primary N) is 1. The fourth-order valence-electron chi connectivity index (χ4n) is 1.77. The fraction of sp³-hybridized carbons (Fsp3) is 0.615. The molecule has 0 aliphatic rings. The minimum Gasteiger partial charge on any atom is -0.396 e. The molecular formula is C13H23N5O2. The maximum absolute atomic E-state index is 12.2. The van der Waals surface area contributed by atoms with Gasteiger partial charge in [-0.05, 0) is 20.8 Å². The van der Waals surface area contributed by atoms with Gasteiger partial charge in [0.15, 0.2) is 0 Å². The van der Waals surface area contributed by atoms with E-state index in [9.17, 15) is 9.59 Å². The molecule has 0 radical (unpaired) electrons. The van der Waals surface area contributed by atoms with Crippen LogP contribution in [0.3, 0.4) is 0 Å². The molecule has 7 nitrogen and oxygen atoms in total. The number of hydrogen-bond donors (Lipinski definition) is 1. The lowest BCUT2D eigenvalue weighted by Crippen LogP contribution is -2.41. The average Bonchev–Trinajstić information content (AvgIpc) is 2.62. The van der Waals surface area contributed by atoms with E-state index in [1.54, 1.807) is 25.7 Å². The lowest BCUT2D eigenvalue weighted by atomic mass is 10.3. The van der Waals surface area contributed by atoms with Crippen molar-refractivity contribution in [2.24, 2.45) is 0 Å². The van der Waals surface area contributed by atoms with Gasteiger partial charge in [-0.1, -0.05) is 0 Å². The molecule has 2 N–H and O–H groups in total. The lowest BCUT2D eigenvalue weighted by molar-refractivity contribution is -0.139. The molecule has 7 heteroatoms. The second-order valence-electron chi connectivity index (χ2n) is 4.94. The van der Waals surface area contributed by atoms with E-state index in [0.29, 0.717) is 17.9 Å². The molecule has 112 valence electrons. The third kappa shape index (κ3) is 3.49. The molecule has 2 amide bonds. The van der Waals surface area contributed by atoms with Crippen molar-refractivity contribution < 1.29 is 9.59 Å². The second kappa shape index (κ2) is 6.40. The Hall–Kier alpha value is -2.05. The molecule has 0 aliphatic heterocycles. The van der Waals surface area contributed by atoms with Crippen LogP contribution in [0.5, 0.6) is 0 Å². The number of anilines is 1. The van der Waals surface area contributed by atoms with Gasteiger partial charge in [-0.2, -0.15) is 5.10 Å². The van der Waals surface area contributed by atoms with Crippen molar-refractivity contribution in [1.82, 2.24) is 19.6 Å². The van der Waals surface area contributed by atoms with E-state index in [-0.39, 0.29) is 24.9 Å². The summed E-state index contributed by atoms with van der Waals surface area (Å²) in [5, 5.41) is 4.23. The Morgan fingerprint density at radius 2 is 1.85 bits per heavy atom. The van der Waals surface area contributed by atoms with E-state index >= 15 is 0 Å². The quantitative estimate of drug-likeness (QED) is 0.824. The third-order valence-electron chi connectivity index (χ3n) is 3.28. The molecular weight excluding hydrogens is 258 g/mol. The van der Waals surface area contributed by atoms with Gasteiger partial charge in [0.1, 0.15) is 6.54 Å². The van der Waals surface area contributed by atoms with E-state index in [2.05, 4.69) is 5.10 Å². The number of aromatic nitrogens is 2. The van der Waals surface area contributed by atoms with Crippen molar-refractivity contribution in [3.63, 3.8) is 0 Å². The highest BCUT2D eigenvalue weighted by Crippen LogP contribution is 2.14. The topological polar surface area (TPSA) is 84.5 Å². The number of nitrogen functional groups attached to an aromatic ring is 1. The van der Waals surface area contributed by atoms with Crippen LogP contribution in [-0.2, 0) is 16.1 Å². The van der Waals surface area contributed by atoms with E-state index in [1.165, 1.54) is 9.80 Å². The molecule has 1 rings (SSSR count). The first kappa shape index (κ1) is 16.0. The van der Waals surface area contributed by atoms with Gasteiger partial charge in [0.25, 0.3) is 0 Å². The molecule has 0 bridgehead atoms. The van der Waals surface area contributed by atoms with Gasteiger partial charge in [-0.3, -0.25) is 14.3 Å². The molecule has 20 heavy (non-hydrogen) atoms. The maximum atomic E-state index is 12.2. The number of rotatable bonds is 5. The summed E-state index contributed by atoms with van der Waals surface area (Å²) in [6, 6.07) is 0. The highest BCUT2D eigenvalue weighted by Gasteiger charge is 2.19. The fourth-order valence-corrected chi connectivity index (χ4v) is 1.77. The molecule has 0 unspecified atom stereocenters. The number of nitrogens with zero attached hydrogens (tertiary/aromatic N) is 4.